The van der Waals surface area contributed by atoms with E-state index in [0.717, 1.165) is 0 Å². The molecule has 0 aliphatic rings. The molecule has 1 atom stereocenters. The van der Waals surface area contributed by atoms with Crippen LogP contribution in [0.3, 0.4) is 0 Å². The fourth-order valence-electron chi connectivity index (χ4n) is 1.90. The highest BCUT2D eigenvalue weighted by Crippen LogP contribution is 2.14. The zero-order valence-corrected chi connectivity index (χ0v) is 12.2. The number of hydrogen-bond donors (Lipinski definition) is 2. The van der Waals surface area contributed by atoms with Crippen molar-refractivity contribution in [1.82, 2.24) is 0 Å². The second-order valence-electron chi connectivity index (χ2n) is 4.80. The van der Waals surface area contributed by atoms with Gasteiger partial charge in [0.15, 0.2) is 5.78 Å². The summed E-state index contributed by atoms with van der Waals surface area (Å²) in [5.74, 6) is -3.05. The van der Waals surface area contributed by atoms with E-state index in [1.807, 2.05) is 0 Å². The number of aromatic carboxylic acids is 1. The first-order chi connectivity index (χ1) is 10.4. The van der Waals surface area contributed by atoms with Gasteiger partial charge in [0.2, 0.25) is 0 Å². The molecule has 1 unspecified atom stereocenters. The molecule has 0 radical (unpaired) electrons. The summed E-state index contributed by atoms with van der Waals surface area (Å²) in [7, 11) is 0. The Hall–Kier alpha value is -2.47. The van der Waals surface area contributed by atoms with Gasteiger partial charge < -0.3 is 14.9 Å². The summed E-state index contributed by atoms with van der Waals surface area (Å²) >= 11 is 0. The van der Waals surface area contributed by atoms with Crippen LogP contribution in [0.1, 0.15) is 34.1 Å². The van der Waals surface area contributed by atoms with Crippen molar-refractivity contribution in [2.75, 3.05) is 13.2 Å². The van der Waals surface area contributed by atoms with Gasteiger partial charge in [-0.2, -0.15) is 0 Å². The van der Waals surface area contributed by atoms with Crippen molar-refractivity contribution in [3.8, 4) is 0 Å². The van der Waals surface area contributed by atoms with Crippen molar-refractivity contribution in [2.45, 2.75) is 13.3 Å². The average molecular weight is 306 g/mol. The van der Waals surface area contributed by atoms with E-state index in [9.17, 15) is 14.4 Å². The molecule has 1 aromatic rings. The number of carbonyl (C=O) groups is 3. The molecule has 0 fully saturated rings. The Bertz CT molecular complexity index is 590. The highest BCUT2D eigenvalue weighted by Gasteiger charge is 2.22. The summed E-state index contributed by atoms with van der Waals surface area (Å²) in [6.45, 7) is 4.60. The maximum absolute atomic E-state index is 12.0. The molecule has 0 aliphatic carbocycles. The van der Waals surface area contributed by atoms with Crippen LogP contribution in [0.4, 0.5) is 0 Å². The van der Waals surface area contributed by atoms with Gasteiger partial charge in [-0.25, -0.2) is 9.59 Å². The number of ketones is 1. The molecule has 0 saturated carbocycles. The zero-order valence-electron chi connectivity index (χ0n) is 12.2. The van der Waals surface area contributed by atoms with E-state index in [-0.39, 0.29) is 36.5 Å². The van der Waals surface area contributed by atoms with Crippen LogP contribution in [0.15, 0.2) is 36.4 Å². The van der Waals surface area contributed by atoms with E-state index in [1.165, 1.54) is 31.2 Å². The van der Waals surface area contributed by atoms with Gasteiger partial charge in [-0.1, -0.05) is 18.7 Å². The highest BCUT2D eigenvalue weighted by atomic mass is 16.5. The van der Waals surface area contributed by atoms with Crippen molar-refractivity contribution >= 4 is 17.7 Å². The lowest BCUT2D eigenvalue weighted by Crippen LogP contribution is -2.24. The number of esters is 1. The lowest BCUT2D eigenvalue weighted by Gasteiger charge is -2.15. The predicted molar refractivity (Wildman–Crippen MR) is 78.7 cm³/mol. The third-order valence-corrected chi connectivity index (χ3v) is 3.06. The Kier molecular flexibility index (Phi) is 6.47. The van der Waals surface area contributed by atoms with Crippen LogP contribution >= 0.6 is 0 Å². The third-order valence-electron chi connectivity index (χ3n) is 3.06. The van der Waals surface area contributed by atoms with Crippen LogP contribution in [0, 0.1) is 5.92 Å². The predicted octanol–water partition coefficient (Wildman–Crippen LogP) is 1.69. The summed E-state index contributed by atoms with van der Waals surface area (Å²) in [6.07, 6.45) is 0.138. The maximum Gasteiger partial charge on any atom is 0.339 e. The quantitative estimate of drug-likeness (QED) is 0.560. The highest BCUT2D eigenvalue weighted by molar-refractivity contribution is 6.02. The molecular weight excluding hydrogens is 288 g/mol. The van der Waals surface area contributed by atoms with E-state index >= 15 is 0 Å². The molecule has 0 saturated heterocycles. The number of ether oxygens (including phenoxy) is 1. The number of Topliss-reactive ketones (excluding diaryl/α,β-unsaturated/α-hetero) is 1. The van der Waals surface area contributed by atoms with Crippen molar-refractivity contribution in [1.29, 1.82) is 0 Å². The molecule has 22 heavy (non-hydrogen) atoms. The van der Waals surface area contributed by atoms with E-state index in [2.05, 4.69) is 6.58 Å². The minimum absolute atomic E-state index is 0.0828. The van der Waals surface area contributed by atoms with Crippen LogP contribution in [0.2, 0.25) is 0 Å². The molecule has 0 aromatic heterocycles. The number of aliphatic hydroxyl groups excluding tert-OH is 1. The first-order valence-corrected chi connectivity index (χ1v) is 6.68. The van der Waals surface area contributed by atoms with Crippen molar-refractivity contribution < 1.29 is 29.3 Å². The molecule has 1 aromatic carbocycles. The fourth-order valence-corrected chi connectivity index (χ4v) is 1.90. The SMILES string of the molecule is C=C(C)C(=O)C(CCO)COC(=O)c1ccccc1C(=O)O. The smallest absolute Gasteiger partial charge is 0.339 e. The molecular formula is C16H18O6. The molecule has 0 aliphatic heterocycles. The third kappa shape index (κ3) is 4.53. The van der Waals surface area contributed by atoms with Gasteiger partial charge in [-0.3, -0.25) is 4.79 Å². The van der Waals surface area contributed by atoms with Gasteiger partial charge in [-0.05, 0) is 31.1 Å². The minimum atomic E-state index is -1.24. The van der Waals surface area contributed by atoms with E-state index in [4.69, 9.17) is 14.9 Å². The molecule has 0 heterocycles. The Morgan fingerprint density at radius 2 is 1.82 bits per heavy atom. The Labute approximate surface area is 128 Å². The van der Waals surface area contributed by atoms with E-state index < -0.39 is 17.9 Å². The standard InChI is InChI=1S/C16H18O6/c1-10(2)14(18)11(7-8-17)9-22-16(21)13-6-4-3-5-12(13)15(19)20/h3-6,11,17H,1,7-9H2,2H3,(H,19,20). The monoisotopic (exact) mass is 306 g/mol. The maximum atomic E-state index is 12.0. The van der Waals surface area contributed by atoms with E-state index in [0.29, 0.717) is 5.57 Å². The van der Waals surface area contributed by atoms with Crippen LogP contribution < -0.4 is 0 Å². The fraction of sp³-hybridized carbons (Fsp3) is 0.312. The van der Waals surface area contributed by atoms with Crippen molar-refractivity contribution in [3.05, 3.63) is 47.5 Å². The first-order valence-electron chi connectivity index (χ1n) is 6.68. The van der Waals surface area contributed by atoms with Gasteiger partial charge in [0.25, 0.3) is 0 Å². The Morgan fingerprint density at radius 3 is 2.32 bits per heavy atom. The van der Waals surface area contributed by atoms with Crippen LogP contribution in [-0.4, -0.2) is 41.1 Å². The summed E-state index contributed by atoms with van der Waals surface area (Å²) < 4.78 is 5.03. The van der Waals surface area contributed by atoms with Gasteiger partial charge in [0, 0.05) is 6.61 Å². The number of benzene rings is 1. The molecule has 6 nitrogen and oxygen atoms in total. The van der Waals surface area contributed by atoms with Crippen LogP contribution in [0.25, 0.3) is 0 Å². The second-order valence-corrected chi connectivity index (χ2v) is 4.80. The number of aliphatic hydroxyl groups is 1. The summed E-state index contributed by atoms with van der Waals surface area (Å²) in [5.41, 5.74) is 0.0541. The van der Waals surface area contributed by atoms with Crippen LogP contribution in [-0.2, 0) is 9.53 Å². The normalized spacial score (nSPS) is 11.5. The number of carboxylic acids is 1. The lowest BCUT2D eigenvalue weighted by molar-refractivity contribution is -0.120. The molecule has 2 N–H and O–H groups in total. The van der Waals surface area contributed by atoms with Crippen molar-refractivity contribution in [3.63, 3.8) is 0 Å². The van der Waals surface area contributed by atoms with Gasteiger partial charge in [0.1, 0.15) is 6.61 Å². The van der Waals surface area contributed by atoms with Crippen molar-refractivity contribution in [2.24, 2.45) is 5.92 Å². The molecule has 0 bridgehead atoms. The van der Waals surface area contributed by atoms with Gasteiger partial charge >= 0.3 is 11.9 Å². The Balaban J connectivity index is 2.82. The number of rotatable bonds is 8. The summed E-state index contributed by atoms with van der Waals surface area (Å²) in [5, 5.41) is 18.0. The minimum Gasteiger partial charge on any atom is -0.478 e. The second kappa shape index (κ2) is 8.09. The van der Waals surface area contributed by atoms with Gasteiger partial charge in [0.05, 0.1) is 17.0 Å². The Morgan fingerprint density at radius 1 is 1.23 bits per heavy atom. The molecule has 0 amide bonds. The molecule has 6 heteroatoms. The molecule has 1 rings (SSSR count). The molecule has 0 spiro atoms. The largest absolute Gasteiger partial charge is 0.478 e. The summed E-state index contributed by atoms with van der Waals surface area (Å²) in [4.78, 5) is 34.9. The number of carbonyl (C=O) groups excluding carboxylic acids is 2. The average Bonchev–Trinajstić information content (AvgIpc) is 2.50. The topological polar surface area (TPSA) is 101 Å². The first kappa shape index (κ1) is 17.6. The lowest BCUT2D eigenvalue weighted by atomic mass is 9.97. The summed E-state index contributed by atoms with van der Waals surface area (Å²) in [6, 6.07) is 5.66. The van der Waals surface area contributed by atoms with Crippen LogP contribution in [0.5, 0.6) is 0 Å². The molecule has 118 valence electrons. The number of hydrogen-bond acceptors (Lipinski definition) is 5. The van der Waals surface area contributed by atoms with E-state index in [1.54, 1.807) is 0 Å². The number of carboxylic acid groups (broad SMARTS) is 1. The van der Waals surface area contributed by atoms with Gasteiger partial charge in [-0.15, -0.1) is 0 Å². The zero-order chi connectivity index (χ0) is 16.7. The number of allylic oxidation sites excluding steroid dienone is 1.